The molecule has 1 saturated heterocycles. The Morgan fingerprint density at radius 2 is 1.32 bits per heavy atom. The number of thioether (sulfide) groups is 1. The van der Waals surface area contributed by atoms with Crippen LogP contribution in [0.1, 0.15) is 67.2 Å². The SMILES string of the molecule is CCCCOC1C(OC(=O)c2ccccc2)[C@@H](SCC)OC(COC(=O)c2ccccc2)[C@H]1OCCCC. The Kier molecular flexibility index (Phi) is 13.1. The Balaban J connectivity index is 1.86. The van der Waals surface area contributed by atoms with Crippen LogP contribution in [0.3, 0.4) is 0 Å². The van der Waals surface area contributed by atoms with Crippen LogP contribution in [0.4, 0.5) is 0 Å². The Hall–Kier alpha value is -2.39. The molecule has 5 atom stereocenters. The lowest BCUT2D eigenvalue weighted by molar-refractivity contribution is -0.234. The average molecular weight is 545 g/mol. The molecule has 208 valence electrons. The number of ether oxygens (including phenoxy) is 5. The zero-order chi connectivity index (χ0) is 27.2. The fraction of sp³-hybridized carbons (Fsp3) is 0.533. The van der Waals surface area contributed by atoms with Crippen LogP contribution in [0.25, 0.3) is 0 Å². The lowest BCUT2D eigenvalue weighted by atomic mass is 9.99. The monoisotopic (exact) mass is 544 g/mol. The molecule has 0 N–H and O–H groups in total. The highest BCUT2D eigenvalue weighted by molar-refractivity contribution is 7.99. The normalized spacial score (nSPS) is 23.1. The number of rotatable bonds is 15. The van der Waals surface area contributed by atoms with Gasteiger partial charge in [-0.1, -0.05) is 70.0 Å². The summed E-state index contributed by atoms with van der Waals surface area (Å²) in [6, 6.07) is 17.8. The highest BCUT2D eigenvalue weighted by Crippen LogP contribution is 2.34. The van der Waals surface area contributed by atoms with Crippen molar-refractivity contribution in [2.45, 2.75) is 76.3 Å². The number of unbranched alkanes of at least 4 members (excludes halogenated alkanes) is 2. The molecule has 3 unspecified atom stereocenters. The van der Waals surface area contributed by atoms with Crippen molar-refractivity contribution in [3.63, 3.8) is 0 Å². The lowest BCUT2D eigenvalue weighted by Crippen LogP contribution is -2.61. The fourth-order valence-electron chi connectivity index (χ4n) is 4.14. The molecule has 0 radical (unpaired) electrons. The molecule has 0 amide bonds. The number of carbonyl (C=O) groups excluding carboxylic acids is 2. The molecule has 2 aromatic rings. The Morgan fingerprint density at radius 1 is 0.763 bits per heavy atom. The van der Waals surface area contributed by atoms with Crippen LogP contribution >= 0.6 is 11.8 Å². The number of esters is 2. The van der Waals surface area contributed by atoms with Crippen molar-refractivity contribution in [3.05, 3.63) is 71.8 Å². The minimum atomic E-state index is -0.697. The molecule has 8 heteroatoms. The third kappa shape index (κ3) is 8.83. The molecule has 1 aliphatic heterocycles. The van der Waals surface area contributed by atoms with Crippen LogP contribution in [0.5, 0.6) is 0 Å². The topological polar surface area (TPSA) is 80.3 Å². The molecule has 7 nitrogen and oxygen atoms in total. The minimum absolute atomic E-state index is 0.00170. The predicted octanol–water partition coefficient (Wildman–Crippen LogP) is 5.92. The van der Waals surface area contributed by atoms with Crippen molar-refractivity contribution in [1.82, 2.24) is 0 Å². The maximum atomic E-state index is 13.1. The zero-order valence-corrected chi connectivity index (χ0v) is 23.4. The van der Waals surface area contributed by atoms with Crippen molar-refractivity contribution in [2.24, 2.45) is 0 Å². The van der Waals surface area contributed by atoms with Gasteiger partial charge in [-0.25, -0.2) is 9.59 Å². The number of carbonyl (C=O) groups is 2. The second-order valence-electron chi connectivity index (χ2n) is 9.08. The summed E-state index contributed by atoms with van der Waals surface area (Å²) in [7, 11) is 0. The van der Waals surface area contributed by atoms with Gasteiger partial charge in [0.05, 0.1) is 11.1 Å². The van der Waals surface area contributed by atoms with E-state index in [1.807, 2.05) is 19.1 Å². The third-order valence-electron chi connectivity index (χ3n) is 6.18. The largest absolute Gasteiger partial charge is 0.459 e. The summed E-state index contributed by atoms with van der Waals surface area (Å²) in [5.74, 6) is -0.127. The maximum Gasteiger partial charge on any atom is 0.338 e. The molecule has 2 aromatic carbocycles. The van der Waals surface area contributed by atoms with E-state index >= 15 is 0 Å². The molecule has 1 heterocycles. The van der Waals surface area contributed by atoms with E-state index in [4.69, 9.17) is 23.7 Å². The van der Waals surface area contributed by atoms with E-state index in [-0.39, 0.29) is 6.61 Å². The first-order chi connectivity index (χ1) is 18.6. The third-order valence-corrected chi connectivity index (χ3v) is 7.22. The van der Waals surface area contributed by atoms with Crippen molar-refractivity contribution >= 4 is 23.7 Å². The summed E-state index contributed by atoms with van der Waals surface area (Å²) < 4.78 is 30.9. The molecular formula is C30H40O7S. The van der Waals surface area contributed by atoms with Gasteiger partial charge in [-0.05, 0) is 42.9 Å². The van der Waals surface area contributed by atoms with E-state index in [2.05, 4.69) is 13.8 Å². The van der Waals surface area contributed by atoms with Crippen LogP contribution in [0, 0.1) is 0 Å². The van der Waals surface area contributed by atoms with Crippen molar-refractivity contribution < 1.29 is 33.3 Å². The highest BCUT2D eigenvalue weighted by atomic mass is 32.2. The summed E-state index contributed by atoms with van der Waals surface area (Å²) >= 11 is 1.53. The van der Waals surface area contributed by atoms with Gasteiger partial charge in [0.15, 0.2) is 6.10 Å². The molecule has 38 heavy (non-hydrogen) atoms. The van der Waals surface area contributed by atoms with Gasteiger partial charge in [0.1, 0.15) is 30.4 Å². The second-order valence-corrected chi connectivity index (χ2v) is 10.5. The van der Waals surface area contributed by atoms with Gasteiger partial charge in [-0.2, -0.15) is 0 Å². The van der Waals surface area contributed by atoms with E-state index in [0.29, 0.717) is 24.3 Å². The van der Waals surface area contributed by atoms with Gasteiger partial charge in [-0.3, -0.25) is 0 Å². The van der Waals surface area contributed by atoms with Crippen LogP contribution in [0.2, 0.25) is 0 Å². The smallest absolute Gasteiger partial charge is 0.338 e. The maximum absolute atomic E-state index is 13.1. The second kappa shape index (κ2) is 16.5. The summed E-state index contributed by atoms with van der Waals surface area (Å²) in [6.45, 7) is 7.19. The highest BCUT2D eigenvalue weighted by Gasteiger charge is 2.50. The molecule has 3 rings (SSSR count). The molecular weight excluding hydrogens is 504 g/mol. The summed E-state index contributed by atoms with van der Waals surface area (Å²) in [6.07, 6.45) is 1.20. The molecule has 0 bridgehead atoms. The van der Waals surface area contributed by atoms with Crippen molar-refractivity contribution in [1.29, 1.82) is 0 Å². The summed E-state index contributed by atoms with van der Waals surface area (Å²) in [4.78, 5) is 25.8. The standard InChI is InChI=1S/C30H40O7S/c1-4-7-19-33-25-24(21-35-28(31)22-15-11-9-12-16-22)36-30(38-6-3)27(26(25)34-20-8-5-2)37-29(32)23-17-13-10-14-18-23/h9-18,24-27,30H,4-8,19-21H2,1-3H3/t24?,25-,26?,27?,30-/m1/s1. The molecule has 0 aliphatic carbocycles. The van der Waals surface area contributed by atoms with Gasteiger partial charge in [0, 0.05) is 13.2 Å². The van der Waals surface area contributed by atoms with Crippen LogP contribution in [-0.4, -0.2) is 67.4 Å². The summed E-state index contributed by atoms with van der Waals surface area (Å²) in [5.41, 5.74) is 0.421. The van der Waals surface area contributed by atoms with Gasteiger partial charge in [0.2, 0.25) is 0 Å². The Bertz CT molecular complexity index is 956. The van der Waals surface area contributed by atoms with Gasteiger partial charge < -0.3 is 23.7 Å². The quantitative estimate of drug-likeness (QED) is 0.202. The Labute approximate surface area is 230 Å². The Morgan fingerprint density at radius 3 is 1.87 bits per heavy atom. The lowest BCUT2D eigenvalue weighted by Gasteiger charge is -2.45. The zero-order valence-electron chi connectivity index (χ0n) is 22.6. The number of benzene rings is 2. The van der Waals surface area contributed by atoms with Crippen molar-refractivity contribution in [3.8, 4) is 0 Å². The minimum Gasteiger partial charge on any atom is -0.459 e. The van der Waals surface area contributed by atoms with Crippen molar-refractivity contribution in [2.75, 3.05) is 25.6 Å². The predicted molar refractivity (Wildman–Crippen MR) is 148 cm³/mol. The molecule has 0 saturated carbocycles. The van der Waals surface area contributed by atoms with Crippen LogP contribution < -0.4 is 0 Å². The van der Waals surface area contributed by atoms with Crippen LogP contribution in [0.15, 0.2) is 60.7 Å². The fourth-order valence-corrected chi connectivity index (χ4v) is 5.09. The number of hydrogen-bond acceptors (Lipinski definition) is 8. The van der Waals surface area contributed by atoms with Gasteiger partial charge in [-0.15, -0.1) is 11.8 Å². The molecule has 0 aromatic heterocycles. The first-order valence-electron chi connectivity index (χ1n) is 13.6. The van der Waals surface area contributed by atoms with E-state index < -0.39 is 41.8 Å². The number of hydrogen-bond donors (Lipinski definition) is 0. The van der Waals surface area contributed by atoms with E-state index in [1.165, 1.54) is 11.8 Å². The average Bonchev–Trinajstić information content (AvgIpc) is 2.95. The molecule has 0 spiro atoms. The molecule has 1 aliphatic rings. The van der Waals surface area contributed by atoms with E-state index in [0.717, 1.165) is 31.4 Å². The first kappa shape index (κ1) is 30.2. The van der Waals surface area contributed by atoms with E-state index in [9.17, 15) is 9.59 Å². The van der Waals surface area contributed by atoms with E-state index in [1.54, 1.807) is 48.5 Å². The van der Waals surface area contributed by atoms with Gasteiger partial charge >= 0.3 is 11.9 Å². The van der Waals surface area contributed by atoms with Crippen LogP contribution in [-0.2, 0) is 23.7 Å². The van der Waals surface area contributed by atoms with Gasteiger partial charge in [0.25, 0.3) is 0 Å². The molecule has 1 fully saturated rings. The first-order valence-corrected chi connectivity index (χ1v) is 14.6. The summed E-state index contributed by atoms with van der Waals surface area (Å²) in [5, 5.41) is 0.